The summed E-state index contributed by atoms with van der Waals surface area (Å²) in [6.07, 6.45) is 5.41. The molecule has 0 N–H and O–H groups in total. The molecule has 50 heavy (non-hydrogen) atoms. The fourth-order valence-electron chi connectivity index (χ4n) is 7.53. The number of para-hydroxylation sites is 1. The Balaban J connectivity index is 0.000000149. The minimum Gasteiger partial charge on any atom is -0.456 e. The third kappa shape index (κ3) is 5.50. The van der Waals surface area contributed by atoms with E-state index in [4.69, 9.17) is 4.42 Å². The topological polar surface area (TPSA) is 13.1 Å². The molecule has 0 unspecified atom stereocenters. The highest BCUT2D eigenvalue weighted by molar-refractivity contribution is 7.26. The van der Waals surface area contributed by atoms with Crippen LogP contribution in [0.2, 0.25) is 0 Å². The predicted octanol–water partition coefficient (Wildman–Crippen LogP) is 13.1. The Bertz CT molecular complexity index is 2780. The number of hydrogen-bond acceptors (Lipinski definition) is 2. The third-order valence-corrected chi connectivity index (χ3v) is 10.9. The molecule has 0 aliphatic heterocycles. The Morgan fingerprint density at radius 3 is 2.00 bits per heavy atom. The molecule has 2 heterocycles. The largest absolute Gasteiger partial charge is 0.456 e. The first-order valence-corrected chi connectivity index (χ1v) is 18.5. The van der Waals surface area contributed by atoms with E-state index in [1.165, 1.54) is 80.1 Å². The van der Waals surface area contributed by atoms with Crippen molar-refractivity contribution in [2.45, 2.75) is 40.0 Å². The van der Waals surface area contributed by atoms with Gasteiger partial charge in [0.25, 0.3) is 0 Å². The van der Waals surface area contributed by atoms with E-state index in [-0.39, 0.29) is 0 Å². The summed E-state index contributed by atoms with van der Waals surface area (Å²) in [4.78, 5) is 0. The fraction of sp³-hybridized carbons (Fsp3) is 0.125. The van der Waals surface area contributed by atoms with Crippen molar-refractivity contribution < 1.29 is 4.42 Å². The average molecular weight is 665 g/mol. The van der Waals surface area contributed by atoms with Gasteiger partial charge in [0.1, 0.15) is 11.0 Å². The third-order valence-electron chi connectivity index (χ3n) is 9.75. The molecule has 0 spiro atoms. The van der Waals surface area contributed by atoms with E-state index in [0.717, 1.165) is 35.8 Å². The minimum atomic E-state index is 0.974. The van der Waals surface area contributed by atoms with E-state index < -0.39 is 0 Å². The molecule has 0 radical (unpaired) electrons. The molecule has 0 atom stereocenters. The molecule has 2 aromatic heterocycles. The minimum absolute atomic E-state index is 0.974. The maximum atomic E-state index is 6.25. The van der Waals surface area contributed by atoms with Gasteiger partial charge in [0.05, 0.1) is 0 Å². The highest BCUT2D eigenvalue weighted by atomic mass is 32.1. The Hall–Kier alpha value is -5.44. The van der Waals surface area contributed by atoms with Crippen molar-refractivity contribution in [2.24, 2.45) is 0 Å². The van der Waals surface area contributed by atoms with Crippen LogP contribution in [0, 0.1) is 0 Å². The predicted molar refractivity (Wildman–Crippen MR) is 220 cm³/mol. The van der Waals surface area contributed by atoms with E-state index >= 15 is 0 Å². The highest BCUT2D eigenvalue weighted by Gasteiger charge is 2.17. The molecule has 0 bridgehead atoms. The van der Waals surface area contributed by atoms with Gasteiger partial charge < -0.3 is 4.42 Å². The Labute approximate surface area is 297 Å². The van der Waals surface area contributed by atoms with Crippen LogP contribution in [-0.2, 0) is 0 Å². The summed E-state index contributed by atoms with van der Waals surface area (Å²) in [5.41, 5.74) is 9.41. The van der Waals surface area contributed by atoms with Crippen LogP contribution in [0.5, 0.6) is 0 Å². The number of allylic oxidation sites excluding steroid dienone is 1. The van der Waals surface area contributed by atoms with E-state index in [9.17, 15) is 0 Å². The molecule has 244 valence electrons. The molecule has 7 aromatic carbocycles. The second-order valence-electron chi connectivity index (χ2n) is 13.1. The van der Waals surface area contributed by atoms with Crippen LogP contribution in [0.15, 0.2) is 144 Å². The standard InChI is InChI=1S/C27H18S.C21H22O/c1-16(2)17-7-3-8-18(15-17)19-9-4-10-20-21-11-5-13-23-26(21)27-22(25(19)20)12-6-14-24(27)28-23;1-3-10-17(16-12-6-5-7-13-16)21-19(11-4-2)18-14-8-9-15-20(18)22-21/h3-15H,1H2,2H3;5-9,11-15H,3-4,10H2,1-2H3/b;19-11+,21-17-. The van der Waals surface area contributed by atoms with Gasteiger partial charge in [0.15, 0.2) is 0 Å². The number of rotatable bonds is 6. The summed E-state index contributed by atoms with van der Waals surface area (Å²) in [5, 5.41) is 10.7. The number of thiophene rings is 1. The van der Waals surface area contributed by atoms with Crippen molar-refractivity contribution in [3.8, 4) is 11.1 Å². The van der Waals surface area contributed by atoms with Gasteiger partial charge >= 0.3 is 0 Å². The van der Waals surface area contributed by atoms with Crippen LogP contribution in [0.4, 0.5) is 0 Å². The lowest BCUT2D eigenvalue weighted by Crippen LogP contribution is -2.23. The fourth-order valence-corrected chi connectivity index (χ4v) is 8.69. The number of furan rings is 1. The lowest BCUT2D eigenvalue weighted by atomic mass is 9.89. The van der Waals surface area contributed by atoms with Crippen LogP contribution < -0.4 is 10.6 Å². The van der Waals surface area contributed by atoms with E-state index in [0.29, 0.717) is 0 Å². The monoisotopic (exact) mass is 664 g/mol. The molecule has 0 saturated heterocycles. The molecule has 9 rings (SSSR count). The van der Waals surface area contributed by atoms with E-state index in [2.05, 4.69) is 161 Å². The van der Waals surface area contributed by atoms with Gasteiger partial charge in [-0.15, -0.1) is 11.3 Å². The molecule has 9 aromatic rings. The first-order chi connectivity index (χ1) is 24.6. The normalized spacial score (nSPS) is 12.7. The van der Waals surface area contributed by atoms with Crippen LogP contribution in [0.25, 0.3) is 81.0 Å². The Morgan fingerprint density at radius 1 is 0.640 bits per heavy atom. The van der Waals surface area contributed by atoms with Crippen molar-refractivity contribution in [3.63, 3.8) is 0 Å². The van der Waals surface area contributed by atoms with Gasteiger partial charge in [-0.2, -0.15) is 0 Å². The van der Waals surface area contributed by atoms with Crippen molar-refractivity contribution in [3.05, 3.63) is 162 Å². The Morgan fingerprint density at radius 2 is 1.26 bits per heavy atom. The SMILES string of the molecule is C=C(C)c1cccc(-c2cccc3c4cccc5sc6cccc(c23)c6c54)c1.CC/C=c1/c(=C(\CCC)c2ccccc2)oc2ccccc12. The molecule has 0 saturated carbocycles. The molecule has 0 aliphatic rings. The van der Waals surface area contributed by atoms with E-state index in [1.54, 1.807) is 0 Å². The molecule has 0 amide bonds. The van der Waals surface area contributed by atoms with Crippen molar-refractivity contribution >= 4 is 81.2 Å². The van der Waals surface area contributed by atoms with Gasteiger partial charge in [0.2, 0.25) is 0 Å². The Kier molecular flexibility index (Phi) is 8.56. The first-order valence-electron chi connectivity index (χ1n) is 17.7. The molecule has 0 fully saturated rings. The van der Waals surface area contributed by atoms with Gasteiger partial charge in [-0.1, -0.05) is 148 Å². The average Bonchev–Trinajstić information content (AvgIpc) is 3.73. The van der Waals surface area contributed by atoms with Gasteiger partial charge in [0, 0.05) is 36.4 Å². The maximum absolute atomic E-state index is 6.25. The molecule has 2 heteroatoms. The molecule has 1 nitrogen and oxygen atoms in total. The van der Waals surface area contributed by atoms with Crippen molar-refractivity contribution in [1.29, 1.82) is 0 Å². The number of benzene rings is 7. The van der Waals surface area contributed by atoms with Gasteiger partial charge in [-0.3, -0.25) is 0 Å². The zero-order valence-corrected chi connectivity index (χ0v) is 29.7. The van der Waals surface area contributed by atoms with Crippen molar-refractivity contribution in [1.82, 2.24) is 0 Å². The molecular formula is C48H40OS. The van der Waals surface area contributed by atoms with Crippen molar-refractivity contribution in [2.75, 3.05) is 0 Å². The maximum Gasteiger partial charge on any atom is 0.138 e. The highest BCUT2D eigenvalue weighted by Crippen LogP contribution is 2.47. The molecule has 0 aliphatic carbocycles. The quantitative estimate of drug-likeness (QED) is 0.161. The summed E-state index contributed by atoms with van der Waals surface area (Å²) in [6, 6.07) is 47.8. The second kappa shape index (κ2) is 13.5. The second-order valence-corrected chi connectivity index (χ2v) is 14.2. The lowest BCUT2D eigenvalue weighted by Gasteiger charge is -2.14. The van der Waals surface area contributed by atoms with Crippen LogP contribution in [0.3, 0.4) is 0 Å². The number of hydrogen-bond donors (Lipinski definition) is 0. The first kappa shape index (κ1) is 31.8. The van der Waals surface area contributed by atoms with Crippen LogP contribution in [-0.4, -0.2) is 0 Å². The summed E-state index contributed by atoms with van der Waals surface area (Å²) < 4.78 is 9.00. The smallest absolute Gasteiger partial charge is 0.138 e. The summed E-state index contributed by atoms with van der Waals surface area (Å²) in [5.74, 6) is 0. The lowest BCUT2D eigenvalue weighted by molar-refractivity contribution is 0.569. The summed E-state index contributed by atoms with van der Waals surface area (Å²) >= 11 is 1.90. The van der Waals surface area contributed by atoms with Gasteiger partial charge in [-0.25, -0.2) is 0 Å². The zero-order chi connectivity index (χ0) is 34.2. The van der Waals surface area contributed by atoms with Gasteiger partial charge in [-0.05, 0) is 87.8 Å². The number of fused-ring (bicyclic) bond motifs is 4. The zero-order valence-electron chi connectivity index (χ0n) is 28.9. The van der Waals surface area contributed by atoms with Crippen LogP contribution in [0.1, 0.15) is 51.2 Å². The molecular weight excluding hydrogens is 625 g/mol. The van der Waals surface area contributed by atoms with E-state index in [1.807, 2.05) is 17.4 Å². The summed E-state index contributed by atoms with van der Waals surface area (Å²) in [7, 11) is 0. The van der Waals surface area contributed by atoms with Crippen LogP contribution >= 0.6 is 11.3 Å². The summed E-state index contributed by atoms with van der Waals surface area (Å²) in [6.45, 7) is 10.6.